The molecule has 1 aliphatic rings. The zero-order valence-corrected chi connectivity index (χ0v) is 21.1. The molecule has 2 aromatic heterocycles. The van der Waals surface area contributed by atoms with Gasteiger partial charge in [-0.1, -0.05) is 84.9 Å². The maximum Gasteiger partial charge on any atom is 0.494 e. The largest absolute Gasteiger partial charge is 0.494 e. The molecule has 0 atom stereocenters. The predicted octanol–water partition coefficient (Wildman–Crippen LogP) is 6.29. The van der Waals surface area contributed by atoms with Crippen LogP contribution < -0.4 is 5.46 Å². The van der Waals surface area contributed by atoms with Crippen LogP contribution in [0.15, 0.2) is 101 Å². The minimum atomic E-state index is -0.418. The fourth-order valence-corrected chi connectivity index (χ4v) is 4.90. The summed E-state index contributed by atoms with van der Waals surface area (Å²) in [4.78, 5) is 14.7. The van der Waals surface area contributed by atoms with Crippen LogP contribution in [-0.4, -0.2) is 34.3 Å². The van der Waals surface area contributed by atoms with Crippen molar-refractivity contribution in [2.75, 3.05) is 6.61 Å². The van der Waals surface area contributed by atoms with E-state index in [0.29, 0.717) is 24.1 Å². The van der Waals surface area contributed by atoms with Crippen LogP contribution in [0.3, 0.4) is 0 Å². The third-order valence-electron chi connectivity index (χ3n) is 6.74. The SMILES string of the molecule is CC1(C)COB(c2ccc3oc4cccc(-c5nc(-c6ccccc6)nc(-c6ccccc6)n5)c4c3c2)O1. The van der Waals surface area contributed by atoms with Crippen molar-refractivity contribution in [2.45, 2.75) is 19.4 Å². The highest BCUT2D eigenvalue weighted by atomic mass is 16.7. The predicted molar refractivity (Wildman–Crippen MR) is 150 cm³/mol. The Labute approximate surface area is 220 Å². The van der Waals surface area contributed by atoms with Crippen molar-refractivity contribution in [3.63, 3.8) is 0 Å². The molecule has 0 spiro atoms. The van der Waals surface area contributed by atoms with E-state index in [2.05, 4.69) is 6.07 Å². The molecule has 38 heavy (non-hydrogen) atoms. The summed E-state index contributed by atoms with van der Waals surface area (Å²) in [5.41, 5.74) is 4.92. The number of aromatic nitrogens is 3. The molecule has 3 heterocycles. The molecule has 0 unspecified atom stereocenters. The molecule has 184 valence electrons. The molecule has 1 saturated heterocycles. The number of benzene rings is 4. The van der Waals surface area contributed by atoms with Crippen LogP contribution in [0.4, 0.5) is 0 Å². The Morgan fingerprint density at radius 1 is 0.684 bits per heavy atom. The molecule has 7 heteroatoms. The van der Waals surface area contributed by atoms with Gasteiger partial charge in [0.15, 0.2) is 17.5 Å². The fraction of sp³-hybridized carbons (Fsp3) is 0.129. The fourth-order valence-electron chi connectivity index (χ4n) is 4.90. The number of fused-ring (bicyclic) bond motifs is 3. The molecule has 6 aromatic rings. The summed E-state index contributed by atoms with van der Waals surface area (Å²) in [6, 6.07) is 32.0. The average molecular weight is 497 g/mol. The molecule has 0 radical (unpaired) electrons. The second kappa shape index (κ2) is 8.90. The highest BCUT2D eigenvalue weighted by Gasteiger charge is 2.38. The van der Waals surface area contributed by atoms with Crippen molar-refractivity contribution in [1.29, 1.82) is 0 Å². The third-order valence-corrected chi connectivity index (χ3v) is 6.74. The first kappa shape index (κ1) is 22.8. The topological polar surface area (TPSA) is 70.3 Å². The van der Waals surface area contributed by atoms with E-state index in [-0.39, 0.29) is 5.60 Å². The van der Waals surface area contributed by atoms with Gasteiger partial charge in [-0.05, 0) is 31.4 Å². The van der Waals surface area contributed by atoms with Gasteiger partial charge >= 0.3 is 7.12 Å². The van der Waals surface area contributed by atoms with E-state index >= 15 is 0 Å². The Morgan fingerprint density at radius 3 is 1.97 bits per heavy atom. The van der Waals surface area contributed by atoms with Gasteiger partial charge in [-0.2, -0.15) is 0 Å². The first-order valence-corrected chi connectivity index (χ1v) is 12.7. The van der Waals surface area contributed by atoms with Crippen molar-refractivity contribution in [3.8, 4) is 34.2 Å². The highest BCUT2D eigenvalue weighted by molar-refractivity contribution is 6.62. The summed E-state index contributed by atoms with van der Waals surface area (Å²) in [6.45, 7) is 4.61. The summed E-state index contributed by atoms with van der Waals surface area (Å²) in [5.74, 6) is 1.83. The maximum absolute atomic E-state index is 6.25. The first-order chi connectivity index (χ1) is 18.5. The number of hydrogen-bond acceptors (Lipinski definition) is 6. The molecule has 1 fully saturated rings. The van der Waals surface area contributed by atoms with Crippen LogP contribution in [0.2, 0.25) is 0 Å². The zero-order chi connectivity index (χ0) is 25.7. The number of rotatable bonds is 4. The van der Waals surface area contributed by atoms with Gasteiger partial charge in [-0.3, -0.25) is 0 Å². The van der Waals surface area contributed by atoms with Crippen LogP contribution >= 0.6 is 0 Å². The molecule has 4 aromatic carbocycles. The van der Waals surface area contributed by atoms with Crippen LogP contribution in [-0.2, 0) is 9.31 Å². The first-order valence-electron chi connectivity index (χ1n) is 12.7. The minimum absolute atomic E-state index is 0.324. The van der Waals surface area contributed by atoms with Gasteiger partial charge in [-0.15, -0.1) is 0 Å². The lowest BCUT2D eigenvalue weighted by Crippen LogP contribution is -2.34. The lowest BCUT2D eigenvalue weighted by Gasteiger charge is -2.15. The smallest absolute Gasteiger partial charge is 0.456 e. The van der Waals surface area contributed by atoms with Gasteiger partial charge in [0.2, 0.25) is 0 Å². The molecule has 0 bridgehead atoms. The quantitative estimate of drug-likeness (QED) is 0.267. The minimum Gasteiger partial charge on any atom is -0.456 e. The van der Waals surface area contributed by atoms with Gasteiger partial charge in [0.25, 0.3) is 0 Å². The lowest BCUT2D eigenvalue weighted by molar-refractivity contribution is 0.137. The number of furan rings is 1. The molecule has 0 amide bonds. The summed E-state index contributed by atoms with van der Waals surface area (Å²) >= 11 is 0. The van der Waals surface area contributed by atoms with E-state index in [4.69, 9.17) is 28.7 Å². The highest BCUT2D eigenvalue weighted by Crippen LogP contribution is 2.36. The average Bonchev–Trinajstić information content (AvgIpc) is 3.52. The van der Waals surface area contributed by atoms with Crippen molar-refractivity contribution >= 4 is 34.5 Å². The van der Waals surface area contributed by atoms with E-state index in [0.717, 1.165) is 44.1 Å². The van der Waals surface area contributed by atoms with Gasteiger partial charge in [0, 0.05) is 27.5 Å². The van der Waals surface area contributed by atoms with Crippen LogP contribution in [0.1, 0.15) is 13.8 Å². The second-order valence-corrected chi connectivity index (χ2v) is 10.1. The Morgan fingerprint density at radius 2 is 1.34 bits per heavy atom. The van der Waals surface area contributed by atoms with E-state index in [1.807, 2.05) is 105 Å². The summed E-state index contributed by atoms with van der Waals surface area (Å²) < 4.78 is 18.3. The summed E-state index contributed by atoms with van der Waals surface area (Å²) in [5, 5.41) is 1.92. The van der Waals surface area contributed by atoms with E-state index < -0.39 is 7.12 Å². The second-order valence-electron chi connectivity index (χ2n) is 10.1. The van der Waals surface area contributed by atoms with Crippen molar-refractivity contribution in [2.24, 2.45) is 0 Å². The molecule has 0 saturated carbocycles. The Hall–Kier alpha value is -4.33. The van der Waals surface area contributed by atoms with Gasteiger partial charge in [0.05, 0.1) is 12.2 Å². The Balaban J connectivity index is 1.44. The van der Waals surface area contributed by atoms with Gasteiger partial charge < -0.3 is 13.7 Å². The van der Waals surface area contributed by atoms with Crippen molar-refractivity contribution in [1.82, 2.24) is 15.0 Å². The van der Waals surface area contributed by atoms with Crippen LogP contribution in [0.5, 0.6) is 0 Å². The normalized spacial score (nSPS) is 14.9. The van der Waals surface area contributed by atoms with E-state index in [9.17, 15) is 0 Å². The Kier molecular flexibility index (Phi) is 5.35. The third kappa shape index (κ3) is 4.06. The Bertz CT molecular complexity index is 1730. The number of hydrogen-bond donors (Lipinski definition) is 0. The molecule has 1 aliphatic heterocycles. The van der Waals surface area contributed by atoms with Crippen molar-refractivity contribution in [3.05, 3.63) is 97.1 Å². The molecule has 6 nitrogen and oxygen atoms in total. The molecule has 0 aliphatic carbocycles. The maximum atomic E-state index is 6.25. The molecular weight excluding hydrogens is 473 g/mol. The molecule has 0 N–H and O–H groups in total. The van der Waals surface area contributed by atoms with E-state index in [1.54, 1.807) is 0 Å². The lowest BCUT2D eigenvalue weighted by atomic mass is 9.78. The van der Waals surface area contributed by atoms with Gasteiger partial charge in [0.1, 0.15) is 11.2 Å². The summed E-state index contributed by atoms with van der Waals surface area (Å²) in [6.07, 6.45) is 0. The summed E-state index contributed by atoms with van der Waals surface area (Å²) in [7, 11) is -0.418. The number of nitrogens with zero attached hydrogens (tertiary/aromatic N) is 3. The van der Waals surface area contributed by atoms with Crippen molar-refractivity contribution < 1.29 is 13.7 Å². The zero-order valence-electron chi connectivity index (χ0n) is 21.1. The van der Waals surface area contributed by atoms with Crippen LogP contribution in [0.25, 0.3) is 56.1 Å². The molecular formula is C31H24BN3O3. The monoisotopic (exact) mass is 497 g/mol. The van der Waals surface area contributed by atoms with Crippen LogP contribution in [0, 0.1) is 0 Å². The van der Waals surface area contributed by atoms with Gasteiger partial charge in [-0.25, -0.2) is 15.0 Å². The standard InChI is InChI=1S/C31H24BN3O3/c1-31(2)19-36-32(38-31)22-16-17-25-24(18-22)27-23(14-9-15-26(27)37-25)30-34-28(20-10-5-3-6-11-20)33-29(35-30)21-12-7-4-8-13-21/h3-18H,19H2,1-2H3. The molecule has 7 rings (SSSR count). The van der Waals surface area contributed by atoms with E-state index in [1.165, 1.54) is 0 Å².